The van der Waals surface area contributed by atoms with E-state index in [4.69, 9.17) is 21.1 Å². The number of aryl methyl sites for hydroxylation is 1. The summed E-state index contributed by atoms with van der Waals surface area (Å²) in [5, 5.41) is 0.717. The molecule has 1 unspecified atom stereocenters. The maximum atomic E-state index is 12.2. The average Bonchev–Trinajstić information content (AvgIpc) is 3.34. The number of ether oxygens (including phenoxy) is 2. The molecule has 0 spiro atoms. The molecule has 0 aliphatic carbocycles. The van der Waals surface area contributed by atoms with Gasteiger partial charge in [-0.05, 0) is 93.1 Å². The van der Waals surface area contributed by atoms with Crippen molar-refractivity contribution in [2.45, 2.75) is 59.5 Å². The molecule has 5 nitrogen and oxygen atoms in total. The molecule has 4 rings (SSSR count). The van der Waals surface area contributed by atoms with Gasteiger partial charge in [-0.1, -0.05) is 44.0 Å². The lowest BCUT2D eigenvalue weighted by molar-refractivity contribution is 0.0378. The number of carbonyl (C=O) groups is 1. The molecule has 1 aliphatic heterocycles. The van der Waals surface area contributed by atoms with Crippen LogP contribution < -0.4 is 9.64 Å². The highest BCUT2D eigenvalue weighted by Gasteiger charge is 2.26. The van der Waals surface area contributed by atoms with E-state index in [9.17, 15) is 4.79 Å². The van der Waals surface area contributed by atoms with Crippen molar-refractivity contribution in [1.29, 1.82) is 0 Å². The SMILES string of the molecule is CCCC1CCN(c2ncccc2C(=O)OC(C)C)C1.CCc1cccc(Oc2ccc(Cl)cc2)c1. The molecule has 1 atom stereocenters. The molecule has 2 aromatic carbocycles. The third kappa shape index (κ3) is 8.27. The fourth-order valence-corrected chi connectivity index (χ4v) is 4.35. The third-order valence-corrected chi connectivity index (χ3v) is 6.24. The van der Waals surface area contributed by atoms with Gasteiger partial charge in [0.25, 0.3) is 0 Å². The molecule has 1 fully saturated rings. The highest BCUT2D eigenvalue weighted by molar-refractivity contribution is 6.30. The van der Waals surface area contributed by atoms with E-state index in [0.717, 1.165) is 47.8 Å². The molecule has 6 heteroatoms. The van der Waals surface area contributed by atoms with Crippen LogP contribution in [0, 0.1) is 5.92 Å². The first-order valence-electron chi connectivity index (χ1n) is 12.8. The first-order valence-corrected chi connectivity index (χ1v) is 13.2. The Labute approximate surface area is 220 Å². The zero-order valence-electron chi connectivity index (χ0n) is 21.7. The van der Waals surface area contributed by atoms with Gasteiger partial charge in [0, 0.05) is 24.3 Å². The Balaban J connectivity index is 0.000000205. The van der Waals surface area contributed by atoms with Crippen LogP contribution in [0.4, 0.5) is 5.82 Å². The predicted octanol–water partition coefficient (Wildman–Crippen LogP) is 7.97. The number of hydrogen-bond donors (Lipinski definition) is 0. The molecule has 36 heavy (non-hydrogen) atoms. The summed E-state index contributed by atoms with van der Waals surface area (Å²) in [6, 6.07) is 19.1. The van der Waals surface area contributed by atoms with Crippen molar-refractivity contribution in [3.63, 3.8) is 0 Å². The molecule has 1 saturated heterocycles. The summed E-state index contributed by atoms with van der Waals surface area (Å²) in [6.45, 7) is 10.0. The van der Waals surface area contributed by atoms with E-state index in [-0.39, 0.29) is 12.1 Å². The molecule has 0 N–H and O–H groups in total. The monoisotopic (exact) mass is 508 g/mol. The number of aromatic nitrogens is 1. The van der Waals surface area contributed by atoms with E-state index >= 15 is 0 Å². The Morgan fingerprint density at radius 1 is 1.08 bits per heavy atom. The molecule has 0 saturated carbocycles. The van der Waals surface area contributed by atoms with Crippen molar-refractivity contribution < 1.29 is 14.3 Å². The Morgan fingerprint density at radius 3 is 2.56 bits per heavy atom. The number of benzene rings is 2. The third-order valence-electron chi connectivity index (χ3n) is 5.99. The number of anilines is 1. The van der Waals surface area contributed by atoms with E-state index in [2.05, 4.69) is 35.9 Å². The molecule has 0 amide bonds. The van der Waals surface area contributed by atoms with Gasteiger partial charge >= 0.3 is 5.97 Å². The molecule has 3 aromatic rings. The van der Waals surface area contributed by atoms with E-state index in [1.807, 2.05) is 50.2 Å². The van der Waals surface area contributed by atoms with Gasteiger partial charge in [0.15, 0.2) is 0 Å². The van der Waals surface area contributed by atoms with Gasteiger partial charge in [-0.2, -0.15) is 0 Å². The largest absolute Gasteiger partial charge is 0.459 e. The number of hydrogen-bond acceptors (Lipinski definition) is 5. The van der Waals surface area contributed by atoms with E-state index in [0.29, 0.717) is 5.56 Å². The topological polar surface area (TPSA) is 51.7 Å². The lowest BCUT2D eigenvalue weighted by Gasteiger charge is -2.20. The van der Waals surface area contributed by atoms with Crippen LogP contribution in [0.5, 0.6) is 11.5 Å². The first-order chi connectivity index (χ1) is 17.4. The van der Waals surface area contributed by atoms with Crippen molar-refractivity contribution in [2.24, 2.45) is 5.92 Å². The summed E-state index contributed by atoms with van der Waals surface area (Å²) < 4.78 is 11.0. The molecular formula is C30H37ClN2O3. The standard InChI is InChI=1S/C16H24N2O2.C14H13ClO/c1-4-6-13-8-10-18(11-13)15-14(7-5-9-17-15)16(19)20-12(2)3;1-2-11-4-3-5-14(10-11)16-13-8-6-12(15)7-9-13/h5,7,9,12-13H,4,6,8,10-11H2,1-3H3;3-10H,2H2,1H3. The summed E-state index contributed by atoms with van der Waals surface area (Å²) >= 11 is 5.81. The molecule has 192 valence electrons. The van der Waals surface area contributed by atoms with Crippen LogP contribution in [0.1, 0.15) is 62.9 Å². The summed E-state index contributed by atoms with van der Waals surface area (Å²) in [6.07, 6.45) is 6.29. The van der Waals surface area contributed by atoms with Crippen LogP contribution >= 0.6 is 11.6 Å². The fraction of sp³-hybridized carbons (Fsp3) is 0.400. The summed E-state index contributed by atoms with van der Waals surface area (Å²) in [4.78, 5) is 18.8. The number of carbonyl (C=O) groups excluding carboxylic acids is 1. The highest BCUT2D eigenvalue weighted by atomic mass is 35.5. The van der Waals surface area contributed by atoms with E-state index in [1.165, 1.54) is 24.8 Å². The van der Waals surface area contributed by atoms with Gasteiger partial charge in [0.2, 0.25) is 0 Å². The minimum atomic E-state index is -0.276. The fourth-order valence-electron chi connectivity index (χ4n) is 4.22. The molecule has 0 radical (unpaired) electrons. The molecular weight excluding hydrogens is 472 g/mol. The second-order valence-electron chi connectivity index (χ2n) is 9.27. The Hall–Kier alpha value is -3.05. The number of esters is 1. The summed E-state index contributed by atoms with van der Waals surface area (Å²) in [5.41, 5.74) is 1.85. The lowest BCUT2D eigenvalue weighted by Crippen LogP contribution is -2.24. The van der Waals surface area contributed by atoms with E-state index < -0.39 is 0 Å². The van der Waals surface area contributed by atoms with Crippen LogP contribution in [0.25, 0.3) is 0 Å². The molecule has 1 aromatic heterocycles. The zero-order chi connectivity index (χ0) is 25.9. The van der Waals surface area contributed by atoms with Crippen LogP contribution in [0.2, 0.25) is 5.02 Å². The van der Waals surface area contributed by atoms with Gasteiger partial charge in [0.1, 0.15) is 22.9 Å². The highest BCUT2D eigenvalue weighted by Crippen LogP contribution is 2.28. The summed E-state index contributed by atoms with van der Waals surface area (Å²) in [5.74, 6) is 2.88. The van der Waals surface area contributed by atoms with Crippen molar-refractivity contribution in [2.75, 3.05) is 18.0 Å². The number of halogens is 1. The maximum absolute atomic E-state index is 12.2. The Kier molecular flexibility index (Phi) is 10.6. The number of rotatable bonds is 8. The molecule has 0 bridgehead atoms. The number of nitrogens with zero attached hydrogens (tertiary/aromatic N) is 2. The van der Waals surface area contributed by atoms with Gasteiger partial charge in [-0.25, -0.2) is 9.78 Å². The van der Waals surface area contributed by atoms with Crippen molar-refractivity contribution in [1.82, 2.24) is 4.98 Å². The van der Waals surface area contributed by atoms with Crippen molar-refractivity contribution in [3.05, 3.63) is 83.0 Å². The smallest absolute Gasteiger partial charge is 0.342 e. The minimum absolute atomic E-state index is 0.109. The van der Waals surface area contributed by atoms with Crippen molar-refractivity contribution >= 4 is 23.4 Å². The second-order valence-corrected chi connectivity index (χ2v) is 9.71. The quantitative estimate of drug-likeness (QED) is 0.289. The zero-order valence-corrected chi connectivity index (χ0v) is 22.5. The van der Waals surface area contributed by atoms with Crippen LogP contribution in [0.3, 0.4) is 0 Å². The van der Waals surface area contributed by atoms with Crippen molar-refractivity contribution in [3.8, 4) is 11.5 Å². The van der Waals surface area contributed by atoms with E-state index in [1.54, 1.807) is 18.3 Å². The van der Waals surface area contributed by atoms with Crippen LogP contribution in [0.15, 0.2) is 66.9 Å². The lowest BCUT2D eigenvalue weighted by atomic mass is 10.0. The Bertz CT molecular complexity index is 1100. The van der Waals surface area contributed by atoms with Crippen LogP contribution in [-0.4, -0.2) is 30.1 Å². The molecule has 1 aliphatic rings. The van der Waals surface area contributed by atoms with Crippen LogP contribution in [-0.2, 0) is 11.2 Å². The summed E-state index contributed by atoms with van der Waals surface area (Å²) in [7, 11) is 0. The minimum Gasteiger partial charge on any atom is -0.459 e. The second kappa shape index (κ2) is 13.9. The van der Waals surface area contributed by atoms with Gasteiger partial charge in [-0.15, -0.1) is 0 Å². The first kappa shape index (κ1) is 27.5. The van der Waals surface area contributed by atoms with Gasteiger partial charge in [-0.3, -0.25) is 0 Å². The normalized spacial score (nSPS) is 14.8. The Morgan fingerprint density at radius 2 is 1.86 bits per heavy atom. The molecule has 2 heterocycles. The number of pyridine rings is 1. The van der Waals surface area contributed by atoms with Gasteiger partial charge < -0.3 is 14.4 Å². The predicted molar refractivity (Wildman–Crippen MR) is 147 cm³/mol. The maximum Gasteiger partial charge on any atom is 0.342 e. The van der Waals surface area contributed by atoms with Gasteiger partial charge in [0.05, 0.1) is 6.10 Å². The average molecular weight is 509 g/mol.